The minimum absolute atomic E-state index is 0.110. The highest BCUT2D eigenvalue weighted by Gasteiger charge is 2.12. The molecule has 0 aliphatic carbocycles. The second kappa shape index (κ2) is 27.9. The van der Waals surface area contributed by atoms with Gasteiger partial charge in [-0.2, -0.15) is 0 Å². The smallest absolute Gasteiger partial charge is 0.305 e. The first-order valence-electron chi connectivity index (χ1n) is 15.9. The van der Waals surface area contributed by atoms with Crippen LogP contribution in [0.5, 0.6) is 0 Å². The lowest BCUT2D eigenvalue weighted by molar-refractivity contribution is -0.152. The molecule has 0 aromatic heterocycles. The summed E-state index contributed by atoms with van der Waals surface area (Å²) in [5.74, 6) is 0.274. The molecule has 0 spiro atoms. The third kappa shape index (κ3) is 29.3. The Morgan fingerprint density at radius 1 is 0.541 bits per heavy atom. The van der Waals surface area contributed by atoms with Crippen molar-refractivity contribution in [1.29, 1.82) is 0 Å². The molecule has 0 heterocycles. The number of hydrogen-bond donors (Lipinski definition) is 1. The first kappa shape index (κ1) is 35.9. The molecule has 0 saturated carbocycles. The SMILES string of the molecule is CCCCCCCCCCCC(=O)OC[C@H](O)COC(=O)CCCCCCCCCCCCCC(C)C. The van der Waals surface area contributed by atoms with E-state index in [4.69, 9.17) is 9.47 Å². The highest BCUT2D eigenvalue weighted by Crippen LogP contribution is 2.14. The molecule has 0 aliphatic heterocycles. The van der Waals surface area contributed by atoms with Crippen molar-refractivity contribution in [3.05, 3.63) is 0 Å². The normalized spacial score (nSPS) is 12.1. The average molecular weight is 527 g/mol. The van der Waals surface area contributed by atoms with Crippen molar-refractivity contribution < 1.29 is 24.2 Å². The number of carbonyl (C=O) groups excluding carboxylic acids is 2. The van der Waals surface area contributed by atoms with Crippen molar-refractivity contribution in [3.8, 4) is 0 Å². The van der Waals surface area contributed by atoms with Crippen molar-refractivity contribution in [3.63, 3.8) is 0 Å². The highest BCUT2D eigenvalue weighted by molar-refractivity contribution is 5.69. The van der Waals surface area contributed by atoms with E-state index in [1.165, 1.54) is 103 Å². The fourth-order valence-electron chi connectivity index (χ4n) is 4.56. The van der Waals surface area contributed by atoms with E-state index in [0.717, 1.165) is 38.0 Å². The van der Waals surface area contributed by atoms with Gasteiger partial charge in [0.25, 0.3) is 0 Å². The monoisotopic (exact) mass is 526 g/mol. The van der Waals surface area contributed by atoms with Crippen LogP contribution in [0.1, 0.15) is 168 Å². The molecule has 0 saturated heterocycles. The quantitative estimate of drug-likeness (QED) is 0.0813. The van der Waals surface area contributed by atoms with Crippen LogP contribution >= 0.6 is 0 Å². The second-order valence-electron chi connectivity index (χ2n) is 11.4. The number of hydrogen-bond acceptors (Lipinski definition) is 5. The third-order valence-corrected chi connectivity index (χ3v) is 7.02. The first-order chi connectivity index (χ1) is 18.0. The molecule has 0 aromatic carbocycles. The van der Waals surface area contributed by atoms with Gasteiger partial charge in [0.15, 0.2) is 0 Å². The van der Waals surface area contributed by atoms with Crippen molar-refractivity contribution in [2.24, 2.45) is 5.92 Å². The van der Waals surface area contributed by atoms with E-state index in [-0.39, 0.29) is 25.2 Å². The fourth-order valence-corrected chi connectivity index (χ4v) is 4.56. The molecule has 0 rings (SSSR count). The number of esters is 2. The number of ether oxygens (including phenoxy) is 2. The number of rotatable bonds is 28. The summed E-state index contributed by atoms with van der Waals surface area (Å²) in [5.41, 5.74) is 0. The molecule has 0 aromatic rings. The van der Waals surface area contributed by atoms with E-state index < -0.39 is 6.10 Å². The van der Waals surface area contributed by atoms with Gasteiger partial charge >= 0.3 is 11.9 Å². The second-order valence-corrected chi connectivity index (χ2v) is 11.4. The molecular formula is C32H62O5. The summed E-state index contributed by atoms with van der Waals surface area (Å²) >= 11 is 0. The minimum atomic E-state index is -0.953. The molecular weight excluding hydrogens is 464 g/mol. The summed E-state index contributed by atoms with van der Waals surface area (Å²) in [6.45, 7) is 6.61. The zero-order valence-corrected chi connectivity index (χ0v) is 24.9. The van der Waals surface area contributed by atoms with Crippen LogP contribution in [0.4, 0.5) is 0 Å². The molecule has 1 atom stereocenters. The van der Waals surface area contributed by atoms with Crippen LogP contribution in [0, 0.1) is 5.92 Å². The fraction of sp³-hybridized carbons (Fsp3) is 0.938. The summed E-state index contributed by atoms with van der Waals surface area (Å²) in [6, 6.07) is 0. The van der Waals surface area contributed by atoms with E-state index in [1.54, 1.807) is 0 Å². The van der Waals surface area contributed by atoms with Gasteiger partial charge in [-0.05, 0) is 18.8 Å². The Morgan fingerprint density at radius 2 is 0.865 bits per heavy atom. The van der Waals surface area contributed by atoms with Gasteiger partial charge in [-0.3, -0.25) is 9.59 Å². The summed E-state index contributed by atoms with van der Waals surface area (Å²) in [4.78, 5) is 23.7. The Balaban J connectivity index is 3.41. The van der Waals surface area contributed by atoms with Crippen LogP contribution in [0.3, 0.4) is 0 Å². The molecule has 0 bridgehead atoms. The van der Waals surface area contributed by atoms with E-state index in [2.05, 4.69) is 20.8 Å². The average Bonchev–Trinajstić information content (AvgIpc) is 2.87. The van der Waals surface area contributed by atoms with Crippen molar-refractivity contribution in [1.82, 2.24) is 0 Å². The Bertz CT molecular complexity index is 505. The Hall–Kier alpha value is -1.10. The van der Waals surface area contributed by atoms with E-state index in [1.807, 2.05) is 0 Å². The van der Waals surface area contributed by atoms with Crippen LogP contribution in [0.2, 0.25) is 0 Å². The lowest BCUT2D eigenvalue weighted by atomic mass is 10.0. The van der Waals surface area contributed by atoms with Crippen LogP contribution < -0.4 is 0 Å². The summed E-state index contributed by atoms with van der Waals surface area (Å²) in [7, 11) is 0. The zero-order chi connectivity index (χ0) is 27.4. The van der Waals surface area contributed by atoms with Crippen LogP contribution in [0.25, 0.3) is 0 Å². The van der Waals surface area contributed by atoms with Gasteiger partial charge in [-0.25, -0.2) is 0 Å². The minimum Gasteiger partial charge on any atom is -0.463 e. The number of unbranched alkanes of at least 4 members (excludes halogenated alkanes) is 18. The van der Waals surface area contributed by atoms with Crippen molar-refractivity contribution in [2.45, 2.75) is 175 Å². The number of aliphatic hydroxyl groups excluding tert-OH is 1. The molecule has 5 nitrogen and oxygen atoms in total. The van der Waals surface area contributed by atoms with Gasteiger partial charge in [0.2, 0.25) is 0 Å². The maximum absolute atomic E-state index is 11.9. The molecule has 0 amide bonds. The molecule has 1 N–H and O–H groups in total. The van der Waals surface area contributed by atoms with E-state index in [9.17, 15) is 14.7 Å². The van der Waals surface area contributed by atoms with Gasteiger partial charge in [-0.15, -0.1) is 0 Å². The molecule has 37 heavy (non-hydrogen) atoms. The molecule has 0 fully saturated rings. The van der Waals surface area contributed by atoms with Crippen LogP contribution in [0.15, 0.2) is 0 Å². The largest absolute Gasteiger partial charge is 0.463 e. The highest BCUT2D eigenvalue weighted by atomic mass is 16.6. The molecule has 5 heteroatoms. The maximum Gasteiger partial charge on any atom is 0.305 e. The van der Waals surface area contributed by atoms with Gasteiger partial charge in [0.1, 0.15) is 19.3 Å². The summed E-state index contributed by atoms with van der Waals surface area (Å²) in [6.07, 6.45) is 25.8. The summed E-state index contributed by atoms with van der Waals surface area (Å²) < 4.78 is 10.2. The predicted molar refractivity (Wildman–Crippen MR) is 155 cm³/mol. The molecule has 220 valence electrons. The van der Waals surface area contributed by atoms with Gasteiger partial charge < -0.3 is 14.6 Å². The van der Waals surface area contributed by atoms with Crippen molar-refractivity contribution in [2.75, 3.05) is 13.2 Å². The standard InChI is InChI=1S/C32H62O5/c1-4-5-6-7-8-12-16-19-22-25-31(34)36-27-30(33)28-37-32(35)26-23-20-17-14-11-9-10-13-15-18-21-24-29(2)3/h29-30,33H,4-28H2,1-3H3/t30-/m0/s1. The Kier molecular flexibility index (Phi) is 27.1. The molecule has 0 unspecified atom stereocenters. The van der Waals surface area contributed by atoms with Gasteiger partial charge in [0.05, 0.1) is 0 Å². The van der Waals surface area contributed by atoms with Gasteiger partial charge in [-0.1, -0.05) is 143 Å². The lowest BCUT2D eigenvalue weighted by Crippen LogP contribution is -2.25. The first-order valence-corrected chi connectivity index (χ1v) is 15.9. The maximum atomic E-state index is 11.9. The number of carbonyl (C=O) groups is 2. The molecule has 0 radical (unpaired) electrons. The topological polar surface area (TPSA) is 72.8 Å². The van der Waals surface area contributed by atoms with Crippen LogP contribution in [-0.2, 0) is 19.1 Å². The predicted octanol–water partition coefficient (Wildman–Crippen LogP) is 9.08. The third-order valence-electron chi connectivity index (χ3n) is 7.02. The van der Waals surface area contributed by atoms with E-state index in [0.29, 0.717) is 12.8 Å². The van der Waals surface area contributed by atoms with Gasteiger partial charge in [0, 0.05) is 12.8 Å². The zero-order valence-electron chi connectivity index (χ0n) is 24.9. The Morgan fingerprint density at radius 3 is 1.22 bits per heavy atom. The van der Waals surface area contributed by atoms with E-state index >= 15 is 0 Å². The summed E-state index contributed by atoms with van der Waals surface area (Å²) in [5, 5.41) is 9.92. The van der Waals surface area contributed by atoms with Crippen molar-refractivity contribution >= 4 is 11.9 Å². The Labute approximate surface area is 229 Å². The van der Waals surface area contributed by atoms with Crippen LogP contribution in [-0.4, -0.2) is 36.4 Å². The molecule has 0 aliphatic rings. The lowest BCUT2D eigenvalue weighted by Gasteiger charge is -2.12. The number of aliphatic hydroxyl groups is 1.